The van der Waals surface area contributed by atoms with Gasteiger partial charge in [0.05, 0.1) is 18.8 Å². The molecule has 0 aliphatic carbocycles. The molecule has 10 heavy (non-hydrogen) atoms. The van der Waals surface area contributed by atoms with Gasteiger partial charge in [0, 0.05) is 6.42 Å². The first-order valence-corrected chi connectivity index (χ1v) is 3.71. The Morgan fingerprint density at radius 1 is 1.40 bits per heavy atom. The molecular formula is C7H14O3. The quantitative estimate of drug-likeness (QED) is 0.543. The highest BCUT2D eigenvalue weighted by atomic mass is 16.5. The third kappa shape index (κ3) is 1.68. The van der Waals surface area contributed by atoms with Crippen molar-refractivity contribution in [2.45, 2.75) is 38.1 Å². The van der Waals surface area contributed by atoms with Gasteiger partial charge in [0.2, 0.25) is 0 Å². The van der Waals surface area contributed by atoms with Gasteiger partial charge in [0.1, 0.15) is 6.10 Å². The van der Waals surface area contributed by atoms with E-state index in [1.54, 1.807) is 0 Å². The molecule has 2 unspecified atom stereocenters. The van der Waals surface area contributed by atoms with Crippen LogP contribution in [0.4, 0.5) is 0 Å². The van der Waals surface area contributed by atoms with E-state index in [4.69, 9.17) is 14.9 Å². The molecule has 0 aromatic rings. The smallest absolute Gasteiger partial charge is 0.103 e. The first-order chi connectivity index (χ1) is 4.74. The Bertz CT molecular complexity index is 105. The molecule has 0 bridgehead atoms. The van der Waals surface area contributed by atoms with Crippen LogP contribution in [-0.4, -0.2) is 35.1 Å². The minimum absolute atomic E-state index is 0.137. The Kier molecular flexibility index (Phi) is 2.65. The van der Waals surface area contributed by atoms with E-state index in [-0.39, 0.29) is 12.7 Å². The fourth-order valence-electron chi connectivity index (χ4n) is 1.12. The number of ether oxygens (including phenoxy) is 1. The summed E-state index contributed by atoms with van der Waals surface area (Å²) in [6, 6.07) is 0. The molecule has 1 aliphatic rings. The second-order valence-electron chi connectivity index (χ2n) is 2.73. The van der Waals surface area contributed by atoms with E-state index in [0.717, 1.165) is 6.42 Å². The topological polar surface area (TPSA) is 49.7 Å². The maximum atomic E-state index is 9.15. The van der Waals surface area contributed by atoms with E-state index < -0.39 is 12.2 Å². The van der Waals surface area contributed by atoms with Gasteiger partial charge >= 0.3 is 0 Å². The molecule has 2 N–H and O–H groups in total. The summed E-state index contributed by atoms with van der Waals surface area (Å²) in [7, 11) is 0. The second-order valence-corrected chi connectivity index (χ2v) is 2.73. The van der Waals surface area contributed by atoms with Gasteiger partial charge in [-0.1, -0.05) is 6.92 Å². The maximum absolute atomic E-state index is 9.15. The highest BCUT2D eigenvalue weighted by Crippen LogP contribution is 2.16. The van der Waals surface area contributed by atoms with Crippen molar-refractivity contribution in [3.63, 3.8) is 0 Å². The van der Waals surface area contributed by atoms with E-state index in [2.05, 4.69) is 0 Å². The Balaban J connectivity index is 2.33. The molecule has 1 saturated heterocycles. The zero-order valence-corrected chi connectivity index (χ0v) is 6.16. The number of hydrogen-bond donors (Lipinski definition) is 2. The van der Waals surface area contributed by atoms with Gasteiger partial charge in [-0.05, 0) is 6.42 Å². The van der Waals surface area contributed by atoms with E-state index in [9.17, 15) is 0 Å². The summed E-state index contributed by atoms with van der Waals surface area (Å²) < 4.78 is 5.20. The lowest BCUT2D eigenvalue weighted by molar-refractivity contribution is -0.121. The van der Waals surface area contributed by atoms with Crippen LogP contribution in [0, 0.1) is 0 Å². The third-order valence-electron chi connectivity index (χ3n) is 1.91. The molecule has 0 aromatic carbocycles. The predicted molar refractivity (Wildman–Crippen MR) is 36.7 cm³/mol. The normalized spacial score (nSPS) is 41.7. The summed E-state index contributed by atoms with van der Waals surface area (Å²) in [5, 5.41) is 18.2. The number of aliphatic hydroxyl groups is 2. The zero-order chi connectivity index (χ0) is 7.56. The summed E-state index contributed by atoms with van der Waals surface area (Å²) in [5.74, 6) is 0. The lowest BCUT2D eigenvalue weighted by Gasteiger charge is -2.29. The minimum Gasteiger partial charge on any atom is -0.390 e. The van der Waals surface area contributed by atoms with Gasteiger partial charge in [-0.15, -0.1) is 0 Å². The molecule has 1 rings (SSSR count). The van der Waals surface area contributed by atoms with Crippen molar-refractivity contribution in [1.82, 2.24) is 0 Å². The Morgan fingerprint density at radius 2 is 2.10 bits per heavy atom. The van der Waals surface area contributed by atoms with Crippen LogP contribution in [0.15, 0.2) is 0 Å². The third-order valence-corrected chi connectivity index (χ3v) is 1.91. The predicted octanol–water partition coefficient (Wildman–Crippen LogP) is -0.0929. The summed E-state index contributed by atoms with van der Waals surface area (Å²) >= 11 is 0. The molecule has 3 heteroatoms. The van der Waals surface area contributed by atoms with E-state index in [0.29, 0.717) is 6.42 Å². The Hall–Kier alpha value is -0.120. The van der Waals surface area contributed by atoms with Crippen LogP contribution >= 0.6 is 0 Å². The van der Waals surface area contributed by atoms with Gasteiger partial charge < -0.3 is 14.9 Å². The molecule has 0 saturated carbocycles. The van der Waals surface area contributed by atoms with Crippen molar-refractivity contribution in [3.05, 3.63) is 0 Å². The standard InChI is InChI=1S/C7H14O3/c1-2-5-3-6(8)7(9)4-10-5/h5-9H,2-4H2,1H3/t5-,6?,7?/m1/s1. The van der Waals surface area contributed by atoms with Gasteiger partial charge in [-0.3, -0.25) is 0 Å². The molecule has 3 nitrogen and oxygen atoms in total. The molecule has 0 spiro atoms. The number of hydrogen-bond acceptors (Lipinski definition) is 3. The van der Waals surface area contributed by atoms with Crippen molar-refractivity contribution in [2.75, 3.05) is 6.61 Å². The zero-order valence-electron chi connectivity index (χ0n) is 6.16. The van der Waals surface area contributed by atoms with E-state index in [1.807, 2.05) is 6.92 Å². The Morgan fingerprint density at radius 3 is 2.60 bits per heavy atom. The minimum atomic E-state index is -0.678. The first kappa shape index (κ1) is 7.98. The molecule has 1 heterocycles. The van der Waals surface area contributed by atoms with Gasteiger partial charge in [-0.25, -0.2) is 0 Å². The van der Waals surface area contributed by atoms with Crippen LogP contribution in [0.5, 0.6) is 0 Å². The molecule has 60 valence electrons. The molecular weight excluding hydrogens is 132 g/mol. The van der Waals surface area contributed by atoms with Crippen LogP contribution in [0.2, 0.25) is 0 Å². The second kappa shape index (κ2) is 3.32. The molecule has 3 atom stereocenters. The van der Waals surface area contributed by atoms with Crippen LogP contribution in [-0.2, 0) is 4.74 Å². The fourth-order valence-corrected chi connectivity index (χ4v) is 1.12. The van der Waals surface area contributed by atoms with Crippen molar-refractivity contribution < 1.29 is 14.9 Å². The molecule has 0 aromatic heterocycles. The van der Waals surface area contributed by atoms with Crippen molar-refractivity contribution in [3.8, 4) is 0 Å². The van der Waals surface area contributed by atoms with Crippen LogP contribution < -0.4 is 0 Å². The SMILES string of the molecule is CC[C@@H]1CC(O)C(O)CO1. The summed E-state index contributed by atoms with van der Waals surface area (Å²) in [6.07, 6.45) is 0.349. The van der Waals surface area contributed by atoms with Crippen molar-refractivity contribution in [2.24, 2.45) is 0 Å². The van der Waals surface area contributed by atoms with Crippen LogP contribution in [0.25, 0.3) is 0 Å². The Labute approximate surface area is 60.6 Å². The summed E-state index contributed by atoms with van der Waals surface area (Å²) in [6.45, 7) is 2.29. The van der Waals surface area contributed by atoms with Gasteiger partial charge in [-0.2, -0.15) is 0 Å². The van der Waals surface area contributed by atoms with Crippen LogP contribution in [0.3, 0.4) is 0 Å². The number of aliphatic hydroxyl groups excluding tert-OH is 2. The summed E-state index contributed by atoms with van der Waals surface area (Å²) in [4.78, 5) is 0. The number of rotatable bonds is 1. The average Bonchev–Trinajstić information content (AvgIpc) is 1.95. The lowest BCUT2D eigenvalue weighted by Crippen LogP contribution is -2.40. The van der Waals surface area contributed by atoms with E-state index >= 15 is 0 Å². The maximum Gasteiger partial charge on any atom is 0.103 e. The largest absolute Gasteiger partial charge is 0.390 e. The summed E-state index contributed by atoms with van der Waals surface area (Å²) in [5.41, 5.74) is 0. The van der Waals surface area contributed by atoms with Gasteiger partial charge in [0.15, 0.2) is 0 Å². The fraction of sp³-hybridized carbons (Fsp3) is 1.00. The van der Waals surface area contributed by atoms with Crippen LogP contribution in [0.1, 0.15) is 19.8 Å². The van der Waals surface area contributed by atoms with Crippen molar-refractivity contribution >= 4 is 0 Å². The van der Waals surface area contributed by atoms with Gasteiger partial charge in [0.25, 0.3) is 0 Å². The van der Waals surface area contributed by atoms with Crippen molar-refractivity contribution in [1.29, 1.82) is 0 Å². The molecule has 1 aliphatic heterocycles. The molecule has 0 amide bonds. The highest BCUT2D eigenvalue weighted by Gasteiger charge is 2.26. The van der Waals surface area contributed by atoms with E-state index in [1.165, 1.54) is 0 Å². The molecule has 1 fully saturated rings. The lowest BCUT2D eigenvalue weighted by atomic mass is 10.0. The average molecular weight is 146 g/mol. The molecule has 0 radical (unpaired) electrons. The highest BCUT2D eigenvalue weighted by molar-refractivity contribution is 4.76. The monoisotopic (exact) mass is 146 g/mol. The first-order valence-electron chi connectivity index (χ1n) is 3.71.